The van der Waals surface area contributed by atoms with Crippen LogP contribution >= 0.6 is 0 Å². The van der Waals surface area contributed by atoms with Crippen molar-refractivity contribution in [1.29, 1.82) is 0 Å². The Labute approximate surface area is 66.5 Å². The van der Waals surface area contributed by atoms with Crippen molar-refractivity contribution < 1.29 is 14.5 Å². The fourth-order valence-electron chi connectivity index (χ4n) is 0.776. The molecule has 0 saturated heterocycles. The highest BCUT2D eigenvalue weighted by molar-refractivity contribution is 5.60. The van der Waals surface area contributed by atoms with E-state index >= 15 is 0 Å². The van der Waals surface area contributed by atoms with E-state index in [9.17, 15) is 14.5 Å². The monoisotopic (exact) mass is 172 g/mol. The summed E-state index contributed by atoms with van der Waals surface area (Å²) in [6.45, 7) is 0. The van der Waals surface area contributed by atoms with Crippen LogP contribution in [-0.2, 0) is 0 Å². The lowest BCUT2D eigenvalue weighted by molar-refractivity contribution is -0.384. The van der Waals surface area contributed by atoms with E-state index in [2.05, 4.69) is 0 Å². The van der Waals surface area contributed by atoms with Gasteiger partial charge >= 0.3 is 0 Å². The fourth-order valence-corrected chi connectivity index (χ4v) is 0.776. The topological polar surface area (TPSA) is 75.4 Å². The summed E-state index contributed by atoms with van der Waals surface area (Å²) in [5.74, 6) is -0.869. The minimum atomic E-state index is -0.869. The zero-order valence-corrected chi connectivity index (χ0v) is 5.82. The third-order valence-electron chi connectivity index (χ3n) is 1.30. The summed E-state index contributed by atoms with van der Waals surface area (Å²) in [6.07, 6.45) is 0. The molecule has 0 bridgehead atoms. The Bertz CT molecular complexity index is 316. The standard InChI is InChI=1S/C6H5FN2O3/c7-4-2-1-3-5(9(11)12)6(4)8-10/h1-3,8,10H. The Balaban J connectivity index is 3.27. The van der Waals surface area contributed by atoms with Crippen LogP contribution in [0.25, 0.3) is 0 Å². The van der Waals surface area contributed by atoms with Crippen LogP contribution in [0.15, 0.2) is 18.2 Å². The Morgan fingerprint density at radius 2 is 2.25 bits per heavy atom. The summed E-state index contributed by atoms with van der Waals surface area (Å²) in [6, 6.07) is 3.28. The average molecular weight is 172 g/mol. The molecule has 0 aromatic heterocycles. The van der Waals surface area contributed by atoms with Gasteiger partial charge in [-0.05, 0) is 6.07 Å². The Morgan fingerprint density at radius 1 is 1.58 bits per heavy atom. The third kappa shape index (κ3) is 1.32. The van der Waals surface area contributed by atoms with Gasteiger partial charge in [-0.25, -0.2) is 4.39 Å². The van der Waals surface area contributed by atoms with Crippen molar-refractivity contribution in [3.63, 3.8) is 0 Å². The number of para-hydroxylation sites is 1. The molecule has 2 N–H and O–H groups in total. The molecule has 64 valence electrons. The Hall–Kier alpha value is -1.69. The molecule has 1 aromatic rings. The zero-order chi connectivity index (χ0) is 9.14. The van der Waals surface area contributed by atoms with Gasteiger partial charge in [-0.3, -0.25) is 20.8 Å². The van der Waals surface area contributed by atoms with Gasteiger partial charge < -0.3 is 0 Å². The Morgan fingerprint density at radius 3 is 2.67 bits per heavy atom. The molecule has 0 radical (unpaired) electrons. The van der Waals surface area contributed by atoms with E-state index in [-0.39, 0.29) is 0 Å². The van der Waals surface area contributed by atoms with E-state index in [1.54, 1.807) is 0 Å². The van der Waals surface area contributed by atoms with Crippen molar-refractivity contribution in [2.75, 3.05) is 5.48 Å². The largest absolute Gasteiger partial charge is 0.297 e. The number of nitro benzene ring substituents is 1. The number of hydrogen-bond acceptors (Lipinski definition) is 4. The molecule has 0 amide bonds. The Kier molecular flexibility index (Phi) is 2.20. The second-order valence-corrected chi connectivity index (χ2v) is 2.00. The lowest BCUT2D eigenvalue weighted by Gasteiger charge is -2.00. The minimum absolute atomic E-state index is 0.502. The molecule has 0 saturated carbocycles. The highest BCUT2D eigenvalue weighted by atomic mass is 19.1. The molecule has 0 spiro atoms. The third-order valence-corrected chi connectivity index (χ3v) is 1.30. The number of nitrogens with one attached hydrogen (secondary N) is 1. The smallest absolute Gasteiger partial charge is 0.291 e. The quantitative estimate of drug-likeness (QED) is 0.524. The van der Waals surface area contributed by atoms with E-state index in [1.807, 2.05) is 0 Å². The molecule has 1 aromatic carbocycles. The van der Waals surface area contributed by atoms with Crippen LogP contribution in [0.5, 0.6) is 0 Å². The van der Waals surface area contributed by atoms with Gasteiger partial charge in [-0.2, -0.15) is 0 Å². The summed E-state index contributed by atoms with van der Waals surface area (Å²) < 4.78 is 12.7. The number of benzene rings is 1. The molecule has 0 heterocycles. The maximum Gasteiger partial charge on any atom is 0.297 e. The molecule has 1 rings (SSSR count). The van der Waals surface area contributed by atoms with Crippen LogP contribution < -0.4 is 5.48 Å². The van der Waals surface area contributed by atoms with Gasteiger partial charge in [0.1, 0.15) is 0 Å². The van der Waals surface area contributed by atoms with Crippen LogP contribution in [0, 0.1) is 15.9 Å². The van der Waals surface area contributed by atoms with E-state index in [0.29, 0.717) is 0 Å². The maximum atomic E-state index is 12.7. The van der Waals surface area contributed by atoms with Gasteiger partial charge in [-0.15, -0.1) is 0 Å². The van der Waals surface area contributed by atoms with Crippen molar-refractivity contribution >= 4 is 11.4 Å². The number of anilines is 1. The molecule has 0 aliphatic heterocycles. The summed E-state index contributed by atoms with van der Waals surface area (Å²) in [4.78, 5) is 9.43. The number of nitro groups is 1. The van der Waals surface area contributed by atoms with Gasteiger partial charge in [0.15, 0.2) is 11.5 Å². The highest BCUT2D eigenvalue weighted by Gasteiger charge is 2.16. The molecular formula is C6H5FN2O3. The second-order valence-electron chi connectivity index (χ2n) is 2.00. The highest BCUT2D eigenvalue weighted by Crippen LogP contribution is 2.25. The SMILES string of the molecule is O=[N+]([O-])c1cccc(F)c1NO. The van der Waals surface area contributed by atoms with Crippen molar-refractivity contribution in [2.45, 2.75) is 0 Å². The molecule has 0 unspecified atom stereocenters. The van der Waals surface area contributed by atoms with E-state index in [0.717, 1.165) is 12.1 Å². The number of nitrogens with zero attached hydrogens (tertiary/aromatic N) is 1. The average Bonchev–Trinajstić information content (AvgIpc) is 2.03. The fraction of sp³-hybridized carbons (Fsp3) is 0. The van der Waals surface area contributed by atoms with Crippen LogP contribution in [0.3, 0.4) is 0 Å². The first-order valence-electron chi connectivity index (χ1n) is 3.00. The lowest BCUT2D eigenvalue weighted by atomic mass is 10.2. The zero-order valence-electron chi connectivity index (χ0n) is 5.82. The van der Waals surface area contributed by atoms with Gasteiger partial charge in [0.2, 0.25) is 0 Å². The van der Waals surface area contributed by atoms with Crippen molar-refractivity contribution in [1.82, 2.24) is 0 Å². The van der Waals surface area contributed by atoms with E-state index in [4.69, 9.17) is 5.21 Å². The molecule has 6 heteroatoms. The molecule has 5 nitrogen and oxygen atoms in total. The molecule has 0 aliphatic rings. The summed E-state index contributed by atoms with van der Waals surface area (Å²) in [5.41, 5.74) is 0.401. The maximum absolute atomic E-state index is 12.7. The molecule has 0 atom stereocenters. The normalized spacial score (nSPS) is 9.50. The first kappa shape index (κ1) is 8.41. The van der Waals surface area contributed by atoms with Gasteiger partial charge in [0, 0.05) is 6.07 Å². The summed E-state index contributed by atoms with van der Waals surface area (Å²) >= 11 is 0. The minimum Gasteiger partial charge on any atom is -0.291 e. The van der Waals surface area contributed by atoms with Crippen molar-refractivity contribution in [3.8, 4) is 0 Å². The van der Waals surface area contributed by atoms with Crippen LogP contribution in [0.4, 0.5) is 15.8 Å². The van der Waals surface area contributed by atoms with Crippen LogP contribution in [-0.4, -0.2) is 10.1 Å². The number of halogens is 1. The first-order chi connectivity index (χ1) is 5.66. The summed E-state index contributed by atoms with van der Waals surface area (Å²) in [7, 11) is 0. The predicted molar refractivity (Wildman–Crippen MR) is 38.5 cm³/mol. The molecule has 12 heavy (non-hydrogen) atoms. The first-order valence-corrected chi connectivity index (χ1v) is 3.00. The van der Waals surface area contributed by atoms with Gasteiger partial charge in [0.25, 0.3) is 5.69 Å². The van der Waals surface area contributed by atoms with Crippen molar-refractivity contribution in [2.24, 2.45) is 0 Å². The van der Waals surface area contributed by atoms with Crippen molar-refractivity contribution in [3.05, 3.63) is 34.1 Å². The second kappa shape index (κ2) is 3.14. The predicted octanol–water partition coefficient (Wildman–Crippen LogP) is 1.53. The molecule has 0 fully saturated rings. The molecule has 0 aliphatic carbocycles. The molecular weight excluding hydrogens is 167 g/mol. The van der Waals surface area contributed by atoms with Crippen LogP contribution in [0.2, 0.25) is 0 Å². The number of rotatable bonds is 2. The number of hydrogen-bond donors (Lipinski definition) is 2. The summed E-state index contributed by atoms with van der Waals surface area (Å²) in [5, 5.41) is 18.6. The van der Waals surface area contributed by atoms with E-state index < -0.39 is 22.1 Å². The van der Waals surface area contributed by atoms with Crippen LogP contribution in [0.1, 0.15) is 0 Å². The van der Waals surface area contributed by atoms with E-state index in [1.165, 1.54) is 11.5 Å². The lowest BCUT2D eigenvalue weighted by Crippen LogP contribution is -1.99. The van der Waals surface area contributed by atoms with Gasteiger partial charge in [0.05, 0.1) is 4.92 Å². The van der Waals surface area contributed by atoms with Gasteiger partial charge in [-0.1, -0.05) is 6.07 Å².